The fourth-order valence-corrected chi connectivity index (χ4v) is 2.43. The predicted molar refractivity (Wildman–Crippen MR) is 97.9 cm³/mol. The second-order valence-corrected chi connectivity index (χ2v) is 5.57. The van der Waals surface area contributed by atoms with Gasteiger partial charge in [0, 0.05) is 17.8 Å². The summed E-state index contributed by atoms with van der Waals surface area (Å²) in [5, 5.41) is 3.21. The van der Waals surface area contributed by atoms with Crippen molar-refractivity contribution < 1.29 is 13.9 Å². The number of aryl methyl sites for hydroxylation is 1. The molecule has 1 aromatic heterocycles. The van der Waals surface area contributed by atoms with E-state index in [1.165, 1.54) is 18.4 Å². The van der Waals surface area contributed by atoms with Gasteiger partial charge in [0.2, 0.25) is 5.91 Å². The molecule has 0 saturated heterocycles. The number of nitrogens with one attached hydrogen (secondary N) is 1. The van der Waals surface area contributed by atoms with Crippen LogP contribution in [0.4, 0.5) is 5.69 Å². The molecule has 0 bridgehead atoms. The summed E-state index contributed by atoms with van der Waals surface area (Å²) >= 11 is 0. The Morgan fingerprint density at radius 3 is 2.84 bits per heavy atom. The lowest BCUT2D eigenvalue weighted by Gasteiger charge is -2.04. The van der Waals surface area contributed by atoms with Crippen LogP contribution in [-0.4, -0.2) is 13.0 Å². The number of ether oxygens (including phenoxy) is 1. The highest BCUT2D eigenvalue weighted by atomic mass is 16.5. The second-order valence-electron chi connectivity index (χ2n) is 5.57. The minimum Gasteiger partial charge on any atom is -0.497 e. The first kappa shape index (κ1) is 16.5. The maximum atomic E-state index is 12.5. The third-order valence-electron chi connectivity index (χ3n) is 3.71. The fraction of sp³-hybridized carbons (Fsp3) is 0.100. The number of benzene rings is 2. The molecule has 3 aromatic rings. The summed E-state index contributed by atoms with van der Waals surface area (Å²) in [7, 11) is 1.56. The van der Waals surface area contributed by atoms with Gasteiger partial charge in [0.1, 0.15) is 17.6 Å². The normalized spacial score (nSPS) is 11.0. The Balaban J connectivity index is 1.81. The maximum absolute atomic E-state index is 12.5. The van der Waals surface area contributed by atoms with E-state index < -0.39 is 0 Å². The van der Waals surface area contributed by atoms with Crippen molar-refractivity contribution in [2.75, 3.05) is 12.4 Å². The highest BCUT2D eigenvalue weighted by molar-refractivity contribution is 6.02. The summed E-state index contributed by atoms with van der Waals surface area (Å²) in [5.41, 5.74) is 2.25. The van der Waals surface area contributed by atoms with Gasteiger partial charge in [0.25, 0.3) is 0 Å². The van der Waals surface area contributed by atoms with Crippen LogP contribution in [0.25, 0.3) is 17.0 Å². The number of carbonyl (C=O) groups is 1. The third kappa shape index (κ3) is 3.77. The van der Waals surface area contributed by atoms with Crippen LogP contribution in [0.15, 0.2) is 64.0 Å². The van der Waals surface area contributed by atoms with E-state index in [1.54, 1.807) is 43.5 Å². The Bertz CT molecular complexity index is 1020. The number of rotatable bonds is 4. The minimum absolute atomic E-state index is 0.171. The standard InChI is InChI=1S/C20H17NO4/c1-13-6-8-18-17(10-13)20(23)14(12-25-18)7-9-19(22)21-15-4-3-5-16(11-15)24-2/h3-12H,1-2H3,(H,21,22)/b9-7+. The van der Waals surface area contributed by atoms with Crippen molar-refractivity contribution in [2.24, 2.45) is 0 Å². The van der Waals surface area contributed by atoms with E-state index in [0.29, 0.717) is 28.0 Å². The first-order valence-electron chi connectivity index (χ1n) is 7.72. The lowest BCUT2D eigenvalue weighted by atomic mass is 10.1. The van der Waals surface area contributed by atoms with Gasteiger partial charge in [-0.05, 0) is 37.3 Å². The molecule has 0 aliphatic heterocycles. The fourth-order valence-electron chi connectivity index (χ4n) is 2.43. The summed E-state index contributed by atoms with van der Waals surface area (Å²) in [6.07, 6.45) is 4.10. The van der Waals surface area contributed by atoms with Crippen molar-refractivity contribution in [3.8, 4) is 5.75 Å². The molecule has 2 aromatic carbocycles. The Hall–Kier alpha value is -3.34. The molecule has 0 aliphatic carbocycles. The first-order valence-corrected chi connectivity index (χ1v) is 7.72. The molecule has 0 aliphatic rings. The average Bonchev–Trinajstić information content (AvgIpc) is 2.62. The molecule has 0 saturated carbocycles. The van der Waals surface area contributed by atoms with Crippen LogP contribution in [0, 0.1) is 6.92 Å². The summed E-state index contributed by atoms with van der Waals surface area (Å²) in [5.74, 6) is 0.296. The Labute approximate surface area is 144 Å². The van der Waals surface area contributed by atoms with Gasteiger partial charge in [-0.3, -0.25) is 9.59 Å². The van der Waals surface area contributed by atoms with E-state index in [2.05, 4.69) is 5.32 Å². The molecule has 0 fully saturated rings. The van der Waals surface area contributed by atoms with Crippen molar-refractivity contribution in [2.45, 2.75) is 6.92 Å². The van der Waals surface area contributed by atoms with Crippen molar-refractivity contribution in [3.63, 3.8) is 0 Å². The van der Waals surface area contributed by atoms with Gasteiger partial charge in [-0.25, -0.2) is 0 Å². The maximum Gasteiger partial charge on any atom is 0.248 e. The molecule has 5 nitrogen and oxygen atoms in total. The molecule has 1 amide bonds. The van der Waals surface area contributed by atoms with E-state index in [1.807, 2.05) is 13.0 Å². The van der Waals surface area contributed by atoms with E-state index in [4.69, 9.17) is 9.15 Å². The molecule has 1 N–H and O–H groups in total. The van der Waals surface area contributed by atoms with Gasteiger partial charge in [-0.1, -0.05) is 17.7 Å². The molecule has 0 atom stereocenters. The molecular weight excluding hydrogens is 318 g/mol. The molecule has 5 heteroatoms. The number of amides is 1. The Morgan fingerprint density at radius 1 is 1.20 bits per heavy atom. The molecular formula is C20H17NO4. The highest BCUT2D eigenvalue weighted by Crippen LogP contribution is 2.17. The Morgan fingerprint density at radius 2 is 2.04 bits per heavy atom. The molecule has 0 spiro atoms. The number of hydrogen-bond acceptors (Lipinski definition) is 4. The van der Waals surface area contributed by atoms with Crippen LogP contribution >= 0.6 is 0 Å². The lowest BCUT2D eigenvalue weighted by molar-refractivity contribution is -0.111. The zero-order valence-corrected chi connectivity index (χ0v) is 13.9. The summed E-state index contributed by atoms with van der Waals surface area (Å²) in [6, 6.07) is 12.4. The molecule has 126 valence electrons. The highest BCUT2D eigenvalue weighted by Gasteiger charge is 2.06. The third-order valence-corrected chi connectivity index (χ3v) is 3.71. The van der Waals surface area contributed by atoms with Gasteiger partial charge in [-0.15, -0.1) is 0 Å². The zero-order chi connectivity index (χ0) is 17.8. The van der Waals surface area contributed by atoms with E-state index in [-0.39, 0.29) is 11.3 Å². The van der Waals surface area contributed by atoms with Crippen LogP contribution in [0.5, 0.6) is 5.75 Å². The summed E-state index contributed by atoms with van der Waals surface area (Å²) in [6.45, 7) is 1.91. The van der Waals surface area contributed by atoms with Gasteiger partial charge >= 0.3 is 0 Å². The summed E-state index contributed by atoms with van der Waals surface area (Å²) < 4.78 is 10.6. The van der Waals surface area contributed by atoms with E-state index in [9.17, 15) is 9.59 Å². The second kappa shape index (κ2) is 7.05. The predicted octanol–water partition coefficient (Wildman–Crippen LogP) is 3.76. The molecule has 0 unspecified atom stereocenters. The van der Waals surface area contributed by atoms with E-state index >= 15 is 0 Å². The van der Waals surface area contributed by atoms with Gasteiger partial charge < -0.3 is 14.5 Å². The van der Waals surface area contributed by atoms with E-state index in [0.717, 1.165) is 5.56 Å². The molecule has 25 heavy (non-hydrogen) atoms. The van der Waals surface area contributed by atoms with Crippen LogP contribution < -0.4 is 15.5 Å². The number of anilines is 1. The van der Waals surface area contributed by atoms with Gasteiger partial charge in [0.15, 0.2) is 5.43 Å². The van der Waals surface area contributed by atoms with Crippen LogP contribution in [0.3, 0.4) is 0 Å². The van der Waals surface area contributed by atoms with Crippen LogP contribution in [-0.2, 0) is 4.79 Å². The largest absolute Gasteiger partial charge is 0.497 e. The van der Waals surface area contributed by atoms with Gasteiger partial charge in [0.05, 0.1) is 18.1 Å². The van der Waals surface area contributed by atoms with Gasteiger partial charge in [-0.2, -0.15) is 0 Å². The zero-order valence-electron chi connectivity index (χ0n) is 13.9. The average molecular weight is 335 g/mol. The number of fused-ring (bicyclic) bond motifs is 1. The van der Waals surface area contributed by atoms with Crippen LogP contribution in [0.2, 0.25) is 0 Å². The number of carbonyl (C=O) groups excluding carboxylic acids is 1. The minimum atomic E-state index is -0.350. The van der Waals surface area contributed by atoms with Crippen LogP contribution in [0.1, 0.15) is 11.1 Å². The molecule has 1 heterocycles. The SMILES string of the molecule is COc1cccc(NC(=O)/C=C/c2coc3ccc(C)cc3c2=O)c1. The lowest BCUT2D eigenvalue weighted by Crippen LogP contribution is -2.09. The molecule has 3 rings (SSSR count). The first-order chi connectivity index (χ1) is 12.1. The Kier molecular flexibility index (Phi) is 4.66. The monoisotopic (exact) mass is 335 g/mol. The van der Waals surface area contributed by atoms with Crippen molar-refractivity contribution >= 4 is 28.6 Å². The number of methoxy groups -OCH3 is 1. The topological polar surface area (TPSA) is 68.5 Å². The number of hydrogen-bond donors (Lipinski definition) is 1. The van der Waals surface area contributed by atoms with Crippen molar-refractivity contribution in [1.29, 1.82) is 0 Å². The van der Waals surface area contributed by atoms with Crippen molar-refractivity contribution in [3.05, 3.63) is 76.2 Å². The summed E-state index contributed by atoms with van der Waals surface area (Å²) in [4.78, 5) is 24.5. The molecule has 0 radical (unpaired) electrons. The quantitative estimate of drug-likeness (QED) is 0.737. The smallest absolute Gasteiger partial charge is 0.248 e. The van der Waals surface area contributed by atoms with Crippen molar-refractivity contribution in [1.82, 2.24) is 0 Å².